The first kappa shape index (κ1) is 16.3. The van der Waals surface area contributed by atoms with Gasteiger partial charge < -0.3 is 15.6 Å². The molecule has 5 nitrogen and oxygen atoms in total. The highest BCUT2D eigenvalue weighted by molar-refractivity contribution is 5.86. The monoisotopic (exact) mass is 351 g/mol. The molecule has 3 heterocycles. The van der Waals surface area contributed by atoms with Crippen molar-refractivity contribution in [2.24, 2.45) is 11.3 Å². The molecular formula is C21H29N5. The molecule has 2 atom stereocenters. The summed E-state index contributed by atoms with van der Waals surface area (Å²) < 4.78 is 2.34. The fourth-order valence-corrected chi connectivity index (χ4v) is 5.76. The molecule has 138 valence electrons. The maximum atomic E-state index is 6.01. The van der Waals surface area contributed by atoms with E-state index in [1.54, 1.807) is 11.9 Å². The molecule has 2 fully saturated rings. The fourth-order valence-electron chi connectivity index (χ4n) is 5.76. The quantitative estimate of drug-likeness (QED) is 0.825. The summed E-state index contributed by atoms with van der Waals surface area (Å²) in [6.45, 7) is 2.39. The van der Waals surface area contributed by atoms with Crippen LogP contribution in [0.2, 0.25) is 0 Å². The second-order valence-corrected chi connectivity index (χ2v) is 8.55. The van der Waals surface area contributed by atoms with Crippen molar-refractivity contribution in [3.05, 3.63) is 30.2 Å². The van der Waals surface area contributed by atoms with E-state index in [4.69, 9.17) is 5.73 Å². The van der Waals surface area contributed by atoms with Gasteiger partial charge in [-0.3, -0.25) is 0 Å². The average Bonchev–Trinajstić information content (AvgIpc) is 3.36. The Bertz CT molecular complexity index is 830. The van der Waals surface area contributed by atoms with E-state index < -0.39 is 0 Å². The Morgan fingerprint density at radius 1 is 1.19 bits per heavy atom. The normalized spacial score (nSPS) is 28.1. The van der Waals surface area contributed by atoms with Crippen molar-refractivity contribution in [2.75, 3.05) is 18.8 Å². The van der Waals surface area contributed by atoms with Crippen molar-refractivity contribution < 1.29 is 0 Å². The molecule has 1 aliphatic heterocycles. The van der Waals surface area contributed by atoms with Crippen molar-refractivity contribution in [3.8, 4) is 0 Å². The summed E-state index contributed by atoms with van der Waals surface area (Å²) in [6, 6.07) is 2.62. The Morgan fingerprint density at radius 2 is 2.08 bits per heavy atom. The van der Waals surface area contributed by atoms with Crippen LogP contribution in [0, 0.1) is 11.3 Å². The topological polar surface area (TPSA) is 68.8 Å². The van der Waals surface area contributed by atoms with E-state index in [-0.39, 0.29) is 0 Å². The van der Waals surface area contributed by atoms with E-state index in [9.17, 15) is 0 Å². The largest absolute Gasteiger partial charge is 0.383 e. The molecule has 1 saturated heterocycles. The van der Waals surface area contributed by atoms with Crippen LogP contribution < -0.4 is 11.1 Å². The van der Waals surface area contributed by atoms with Gasteiger partial charge in [-0.25, -0.2) is 9.97 Å². The van der Waals surface area contributed by atoms with Crippen LogP contribution in [-0.2, 0) is 0 Å². The summed E-state index contributed by atoms with van der Waals surface area (Å²) in [7, 11) is 0. The van der Waals surface area contributed by atoms with Crippen LogP contribution in [0.1, 0.15) is 57.4 Å². The molecule has 0 radical (unpaired) electrons. The number of aromatic nitrogens is 3. The smallest absolute Gasteiger partial charge is 0.145 e. The van der Waals surface area contributed by atoms with Crippen LogP contribution in [0.25, 0.3) is 11.0 Å². The maximum absolute atomic E-state index is 6.01. The highest BCUT2D eigenvalue weighted by Crippen LogP contribution is 2.50. The van der Waals surface area contributed by atoms with Crippen molar-refractivity contribution in [1.29, 1.82) is 0 Å². The van der Waals surface area contributed by atoms with Crippen LogP contribution in [0.4, 0.5) is 5.82 Å². The summed E-state index contributed by atoms with van der Waals surface area (Å²) in [4.78, 5) is 8.62. The molecule has 5 heteroatoms. The van der Waals surface area contributed by atoms with E-state index in [0.29, 0.717) is 17.3 Å². The van der Waals surface area contributed by atoms with Gasteiger partial charge in [0.1, 0.15) is 17.8 Å². The van der Waals surface area contributed by atoms with Crippen molar-refractivity contribution in [2.45, 2.75) is 57.4 Å². The highest BCUT2D eigenvalue weighted by Gasteiger charge is 2.39. The number of nitrogen functional groups attached to an aromatic ring is 1. The SMILES string of the molecule is Nc1ncnc2c1ccn2C1CCC(CC2=CCCC23CCNCC3)C1. The number of nitrogens with one attached hydrogen (secondary N) is 1. The molecule has 3 aliphatic rings. The standard InChI is InChI=1S/C21H29N5/c22-19-18-5-11-26(20(18)25-14-24-19)17-4-3-15(13-17)12-16-2-1-6-21(16)7-9-23-10-8-21/h2,5,11,14-15,17,23H,1,3-4,6-10,12-13H2,(H2,22,24,25). The van der Waals surface area contributed by atoms with E-state index in [2.05, 4.69) is 38.2 Å². The Kier molecular flexibility index (Phi) is 4.00. The second kappa shape index (κ2) is 6.38. The average molecular weight is 351 g/mol. The lowest BCUT2D eigenvalue weighted by Gasteiger charge is -2.37. The summed E-state index contributed by atoms with van der Waals surface area (Å²) in [5.74, 6) is 1.40. The van der Waals surface area contributed by atoms with Crippen molar-refractivity contribution >= 4 is 16.9 Å². The Balaban J connectivity index is 1.31. The number of fused-ring (bicyclic) bond motifs is 1. The summed E-state index contributed by atoms with van der Waals surface area (Å²) in [5, 5.41) is 4.53. The molecule has 1 saturated carbocycles. The molecule has 2 aromatic rings. The van der Waals surface area contributed by atoms with E-state index in [1.165, 1.54) is 64.5 Å². The van der Waals surface area contributed by atoms with Crippen LogP contribution in [0.5, 0.6) is 0 Å². The van der Waals surface area contributed by atoms with Gasteiger partial charge in [-0.15, -0.1) is 0 Å². The number of hydrogen-bond acceptors (Lipinski definition) is 4. The predicted molar refractivity (Wildman–Crippen MR) is 105 cm³/mol. The first-order valence-electron chi connectivity index (χ1n) is 10.2. The van der Waals surface area contributed by atoms with E-state index in [1.807, 2.05) is 0 Å². The lowest BCUT2D eigenvalue weighted by molar-refractivity contribution is 0.238. The molecule has 5 rings (SSSR count). The Labute approximate surface area is 155 Å². The molecule has 2 aromatic heterocycles. The number of rotatable bonds is 3. The van der Waals surface area contributed by atoms with Gasteiger partial charge in [-0.1, -0.05) is 11.6 Å². The van der Waals surface area contributed by atoms with Gasteiger partial charge in [-0.05, 0) is 81.9 Å². The van der Waals surface area contributed by atoms with Gasteiger partial charge in [0.05, 0.1) is 5.39 Å². The lowest BCUT2D eigenvalue weighted by atomic mass is 9.71. The van der Waals surface area contributed by atoms with Gasteiger partial charge >= 0.3 is 0 Å². The molecule has 3 N–H and O–H groups in total. The van der Waals surface area contributed by atoms with Crippen molar-refractivity contribution in [1.82, 2.24) is 19.9 Å². The van der Waals surface area contributed by atoms with Gasteiger partial charge in [0.25, 0.3) is 0 Å². The number of nitrogens with zero attached hydrogens (tertiary/aromatic N) is 3. The number of piperidine rings is 1. The van der Waals surface area contributed by atoms with E-state index in [0.717, 1.165) is 17.0 Å². The molecule has 1 spiro atoms. The molecular weight excluding hydrogens is 322 g/mol. The van der Waals surface area contributed by atoms with Gasteiger partial charge in [0.2, 0.25) is 0 Å². The Morgan fingerprint density at radius 3 is 2.96 bits per heavy atom. The van der Waals surface area contributed by atoms with Gasteiger partial charge in [0.15, 0.2) is 0 Å². The minimum Gasteiger partial charge on any atom is -0.383 e. The third-order valence-corrected chi connectivity index (χ3v) is 7.21. The molecule has 0 aromatic carbocycles. The highest BCUT2D eigenvalue weighted by atomic mass is 15.1. The predicted octanol–water partition coefficient (Wildman–Crippen LogP) is 3.83. The van der Waals surface area contributed by atoms with Crippen LogP contribution >= 0.6 is 0 Å². The molecule has 0 amide bonds. The molecule has 26 heavy (non-hydrogen) atoms. The zero-order valence-electron chi connectivity index (χ0n) is 15.5. The molecule has 2 aliphatic carbocycles. The third kappa shape index (κ3) is 2.64. The summed E-state index contributed by atoms with van der Waals surface area (Å²) in [6.07, 6.45) is 16.8. The molecule has 0 bridgehead atoms. The number of anilines is 1. The maximum Gasteiger partial charge on any atom is 0.145 e. The summed E-state index contributed by atoms with van der Waals surface area (Å²) in [5.41, 5.74) is 9.32. The first-order chi connectivity index (χ1) is 12.8. The van der Waals surface area contributed by atoms with Crippen LogP contribution in [-0.4, -0.2) is 27.6 Å². The third-order valence-electron chi connectivity index (χ3n) is 7.21. The summed E-state index contributed by atoms with van der Waals surface area (Å²) >= 11 is 0. The van der Waals surface area contributed by atoms with Gasteiger partial charge in [0, 0.05) is 12.2 Å². The fraction of sp³-hybridized carbons (Fsp3) is 0.619. The van der Waals surface area contributed by atoms with Gasteiger partial charge in [-0.2, -0.15) is 0 Å². The lowest BCUT2D eigenvalue weighted by Crippen LogP contribution is -2.36. The first-order valence-corrected chi connectivity index (χ1v) is 10.2. The zero-order chi connectivity index (χ0) is 17.6. The van der Waals surface area contributed by atoms with Crippen LogP contribution in [0.15, 0.2) is 30.2 Å². The zero-order valence-corrected chi connectivity index (χ0v) is 15.5. The number of allylic oxidation sites excluding steroid dienone is 2. The number of hydrogen-bond donors (Lipinski definition) is 2. The van der Waals surface area contributed by atoms with E-state index >= 15 is 0 Å². The van der Waals surface area contributed by atoms with Crippen LogP contribution in [0.3, 0.4) is 0 Å². The second-order valence-electron chi connectivity index (χ2n) is 8.55. The number of nitrogens with two attached hydrogens (primary N) is 1. The van der Waals surface area contributed by atoms with Crippen molar-refractivity contribution in [3.63, 3.8) is 0 Å². The molecule has 2 unspecified atom stereocenters. The minimum atomic E-state index is 0.533. The Hall–Kier alpha value is -1.88. The minimum absolute atomic E-state index is 0.533.